The number of nitrogens with one attached hydrogen (secondary N) is 1. The lowest BCUT2D eigenvalue weighted by Crippen LogP contribution is -2.57. The molecule has 0 spiro atoms. The van der Waals surface area contributed by atoms with Crippen LogP contribution in [0.2, 0.25) is 0 Å². The van der Waals surface area contributed by atoms with Crippen LogP contribution >= 0.6 is 0 Å². The minimum Gasteiger partial charge on any atom is -0.459 e. The van der Waals surface area contributed by atoms with Gasteiger partial charge in [-0.15, -0.1) is 0 Å². The van der Waals surface area contributed by atoms with Gasteiger partial charge in [0.1, 0.15) is 6.04 Å². The molecule has 1 N–H and O–H groups in total. The Bertz CT molecular complexity index is 345. The van der Waals surface area contributed by atoms with Gasteiger partial charge >= 0.3 is 11.9 Å². The van der Waals surface area contributed by atoms with Gasteiger partial charge in [-0.1, -0.05) is 6.92 Å². The van der Waals surface area contributed by atoms with Gasteiger partial charge < -0.3 is 19.7 Å². The molecule has 1 fully saturated rings. The zero-order chi connectivity index (χ0) is 14.3. The molecule has 1 heterocycles. The van der Waals surface area contributed by atoms with Crippen molar-refractivity contribution in [2.75, 3.05) is 32.9 Å². The third kappa shape index (κ3) is 4.20. The Labute approximate surface area is 112 Å². The van der Waals surface area contributed by atoms with Crippen molar-refractivity contribution in [2.45, 2.75) is 26.3 Å². The molecule has 7 heteroatoms. The molecular formula is C12H20N2O5. The molecule has 1 unspecified atom stereocenters. The van der Waals surface area contributed by atoms with Crippen LogP contribution in [-0.4, -0.2) is 61.6 Å². The smallest absolute Gasteiger partial charge is 0.397 e. The molecule has 0 aliphatic carbocycles. The number of morpholine rings is 1. The average molecular weight is 272 g/mol. The van der Waals surface area contributed by atoms with E-state index in [1.165, 1.54) is 4.90 Å². The maximum absolute atomic E-state index is 11.9. The van der Waals surface area contributed by atoms with Crippen LogP contribution in [0.1, 0.15) is 20.3 Å². The van der Waals surface area contributed by atoms with E-state index in [2.05, 4.69) is 10.1 Å². The largest absolute Gasteiger partial charge is 0.459 e. The standard InChI is InChI=1S/C12H20N2O5/c1-3-5-13-10(15)9-8-18-7-6-14(9)11(16)12(17)19-4-2/h9H,3-8H2,1-2H3,(H,13,15). The summed E-state index contributed by atoms with van der Waals surface area (Å²) in [5.41, 5.74) is 0. The molecule has 0 aromatic heterocycles. The first-order valence-electron chi connectivity index (χ1n) is 6.45. The molecule has 2 amide bonds. The Balaban J connectivity index is 2.69. The van der Waals surface area contributed by atoms with Crippen molar-refractivity contribution in [3.8, 4) is 0 Å². The summed E-state index contributed by atoms with van der Waals surface area (Å²) in [5.74, 6) is -2.03. The van der Waals surface area contributed by atoms with E-state index >= 15 is 0 Å². The minimum absolute atomic E-state index is 0.0979. The van der Waals surface area contributed by atoms with E-state index < -0.39 is 17.9 Å². The molecule has 108 valence electrons. The maximum atomic E-state index is 11.9. The van der Waals surface area contributed by atoms with E-state index in [1.54, 1.807) is 6.92 Å². The first kappa shape index (κ1) is 15.4. The first-order valence-corrected chi connectivity index (χ1v) is 6.45. The Morgan fingerprint density at radius 3 is 2.74 bits per heavy atom. The van der Waals surface area contributed by atoms with Crippen molar-refractivity contribution in [1.29, 1.82) is 0 Å². The van der Waals surface area contributed by atoms with Gasteiger partial charge in [-0.05, 0) is 13.3 Å². The number of ether oxygens (including phenoxy) is 2. The summed E-state index contributed by atoms with van der Waals surface area (Å²) in [6, 6.07) is -0.766. The summed E-state index contributed by atoms with van der Waals surface area (Å²) in [4.78, 5) is 36.5. The van der Waals surface area contributed by atoms with Crippen LogP contribution in [0.5, 0.6) is 0 Å². The van der Waals surface area contributed by atoms with Crippen molar-refractivity contribution in [2.24, 2.45) is 0 Å². The van der Waals surface area contributed by atoms with E-state index in [0.717, 1.165) is 6.42 Å². The molecule has 7 nitrogen and oxygen atoms in total. The van der Waals surface area contributed by atoms with Crippen LogP contribution in [0, 0.1) is 0 Å². The second-order valence-electron chi connectivity index (χ2n) is 4.10. The van der Waals surface area contributed by atoms with Gasteiger partial charge in [0.15, 0.2) is 0 Å². The van der Waals surface area contributed by atoms with Crippen molar-refractivity contribution >= 4 is 17.8 Å². The average Bonchev–Trinajstić information content (AvgIpc) is 2.44. The molecule has 1 aliphatic rings. The van der Waals surface area contributed by atoms with Crippen LogP contribution in [0.25, 0.3) is 0 Å². The molecule has 0 aromatic rings. The second-order valence-corrected chi connectivity index (χ2v) is 4.10. The van der Waals surface area contributed by atoms with Crippen molar-refractivity contribution in [3.05, 3.63) is 0 Å². The normalized spacial score (nSPS) is 18.8. The Morgan fingerprint density at radius 1 is 1.37 bits per heavy atom. The third-order valence-electron chi connectivity index (χ3n) is 2.69. The van der Waals surface area contributed by atoms with Crippen molar-refractivity contribution < 1.29 is 23.9 Å². The van der Waals surface area contributed by atoms with Crippen molar-refractivity contribution in [3.63, 3.8) is 0 Å². The summed E-state index contributed by atoms with van der Waals surface area (Å²) in [6.45, 7) is 4.82. The fourth-order valence-electron chi connectivity index (χ4n) is 1.74. The van der Waals surface area contributed by atoms with E-state index in [-0.39, 0.29) is 25.7 Å². The Hall–Kier alpha value is -1.63. The molecule has 0 radical (unpaired) electrons. The maximum Gasteiger partial charge on any atom is 0.397 e. The zero-order valence-electron chi connectivity index (χ0n) is 11.3. The fraction of sp³-hybridized carbons (Fsp3) is 0.750. The SMILES string of the molecule is CCCNC(=O)C1COCCN1C(=O)C(=O)OCC. The number of amides is 2. The highest BCUT2D eigenvalue weighted by molar-refractivity contribution is 6.32. The molecule has 1 atom stereocenters. The summed E-state index contributed by atoms with van der Waals surface area (Å²) in [6.07, 6.45) is 0.797. The lowest BCUT2D eigenvalue weighted by Gasteiger charge is -2.33. The summed E-state index contributed by atoms with van der Waals surface area (Å²) < 4.78 is 9.86. The fourth-order valence-corrected chi connectivity index (χ4v) is 1.74. The van der Waals surface area contributed by atoms with Gasteiger partial charge in [0.05, 0.1) is 19.8 Å². The van der Waals surface area contributed by atoms with Gasteiger partial charge in [-0.3, -0.25) is 9.59 Å². The zero-order valence-corrected chi connectivity index (χ0v) is 11.3. The van der Waals surface area contributed by atoms with Gasteiger partial charge in [-0.2, -0.15) is 0 Å². The predicted molar refractivity (Wildman–Crippen MR) is 66.3 cm³/mol. The van der Waals surface area contributed by atoms with Crippen LogP contribution in [0.4, 0.5) is 0 Å². The molecule has 1 aliphatic heterocycles. The molecule has 1 rings (SSSR count). The number of hydrogen-bond acceptors (Lipinski definition) is 5. The number of rotatable bonds is 4. The topological polar surface area (TPSA) is 84.9 Å². The Morgan fingerprint density at radius 2 is 2.11 bits per heavy atom. The first-order chi connectivity index (χ1) is 9.11. The van der Waals surface area contributed by atoms with E-state index in [0.29, 0.717) is 13.2 Å². The predicted octanol–water partition coefficient (Wildman–Crippen LogP) is -0.697. The number of esters is 1. The highest BCUT2D eigenvalue weighted by Crippen LogP contribution is 2.08. The number of nitrogens with zero attached hydrogens (tertiary/aromatic N) is 1. The molecule has 0 bridgehead atoms. The lowest BCUT2D eigenvalue weighted by atomic mass is 10.2. The Kier molecular flexibility index (Phi) is 6.27. The minimum atomic E-state index is -0.933. The van der Waals surface area contributed by atoms with Crippen LogP contribution < -0.4 is 5.32 Å². The quantitative estimate of drug-likeness (QED) is 0.540. The summed E-state index contributed by atoms with van der Waals surface area (Å²) in [5, 5.41) is 2.69. The van der Waals surface area contributed by atoms with Gasteiger partial charge in [-0.25, -0.2) is 4.79 Å². The van der Waals surface area contributed by atoms with E-state index in [4.69, 9.17) is 4.74 Å². The van der Waals surface area contributed by atoms with Crippen LogP contribution in [0.3, 0.4) is 0 Å². The number of hydrogen-bond donors (Lipinski definition) is 1. The second kappa shape index (κ2) is 7.73. The molecule has 19 heavy (non-hydrogen) atoms. The third-order valence-corrected chi connectivity index (χ3v) is 2.69. The number of carbonyl (C=O) groups excluding carboxylic acids is 3. The van der Waals surface area contributed by atoms with E-state index in [9.17, 15) is 14.4 Å². The highest BCUT2D eigenvalue weighted by Gasteiger charge is 2.36. The lowest BCUT2D eigenvalue weighted by molar-refractivity contribution is -0.165. The van der Waals surface area contributed by atoms with E-state index in [1.807, 2.05) is 6.92 Å². The monoisotopic (exact) mass is 272 g/mol. The van der Waals surface area contributed by atoms with Crippen LogP contribution in [0.15, 0.2) is 0 Å². The molecule has 0 saturated carbocycles. The highest BCUT2D eigenvalue weighted by atomic mass is 16.5. The summed E-state index contributed by atoms with van der Waals surface area (Å²) >= 11 is 0. The molecule has 1 saturated heterocycles. The van der Waals surface area contributed by atoms with Gasteiger partial charge in [0.25, 0.3) is 0 Å². The number of carbonyl (C=O) groups is 3. The summed E-state index contributed by atoms with van der Waals surface area (Å²) in [7, 11) is 0. The van der Waals surface area contributed by atoms with Gasteiger partial charge in [0.2, 0.25) is 5.91 Å². The molecular weight excluding hydrogens is 252 g/mol. The van der Waals surface area contributed by atoms with Crippen molar-refractivity contribution in [1.82, 2.24) is 10.2 Å². The van der Waals surface area contributed by atoms with Crippen LogP contribution in [-0.2, 0) is 23.9 Å². The molecule has 0 aromatic carbocycles. The van der Waals surface area contributed by atoms with Gasteiger partial charge in [0, 0.05) is 13.1 Å².